The summed E-state index contributed by atoms with van der Waals surface area (Å²) in [6, 6.07) is 4.41. The summed E-state index contributed by atoms with van der Waals surface area (Å²) in [6.45, 7) is 1.39. The molecule has 2 N–H and O–H groups in total. The molecule has 1 aromatic rings. The van der Waals surface area contributed by atoms with Crippen LogP contribution in [0.1, 0.15) is 24.0 Å². The maximum absolute atomic E-state index is 12.6. The molecule has 0 radical (unpaired) electrons. The van der Waals surface area contributed by atoms with Gasteiger partial charge >= 0.3 is 6.18 Å². The van der Waals surface area contributed by atoms with Crippen LogP contribution in [0.5, 0.6) is 0 Å². The van der Waals surface area contributed by atoms with Gasteiger partial charge < -0.3 is 10.6 Å². The molecular weight excluding hydrogens is 283 g/mol. The zero-order valence-electron chi connectivity index (χ0n) is 11.1. The molecule has 112 valence electrons. The van der Waals surface area contributed by atoms with Gasteiger partial charge in [-0.05, 0) is 37.6 Å². The Morgan fingerprint density at radius 2 is 2.19 bits per heavy atom. The number of carbonyl (C=O) groups excluding carboxylic acids is 1. The maximum Gasteiger partial charge on any atom is 0.416 e. The number of piperidine rings is 1. The molecule has 1 amide bonds. The Hall–Kier alpha value is -2.07. The SMILES string of the molecule is N#Cc1cc(C(F)(F)F)ccc1NC(=O)C1CCCNC1. The van der Waals surface area contributed by atoms with E-state index >= 15 is 0 Å². The summed E-state index contributed by atoms with van der Waals surface area (Å²) < 4.78 is 37.8. The van der Waals surface area contributed by atoms with Crippen LogP contribution in [0, 0.1) is 17.2 Å². The summed E-state index contributed by atoms with van der Waals surface area (Å²) >= 11 is 0. The van der Waals surface area contributed by atoms with Crippen molar-refractivity contribution >= 4 is 11.6 Å². The van der Waals surface area contributed by atoms with Crippen molar-refractivity contribution in [3.05, 3.63) is 29.3 Å². The first-order chi connectivity index (χ1) is 9.91. The van der Waals surface area contributed by atoms with Crippen LogP contribution in [-0.2, 0) is 11.0 Å². The first-order valence-corrected chi connectivity index (χ1v) is 6.54. The molecule has 0 bridgehead atoms. The molecule has 0 saturated carbocycles. The lowest BCUT2D eigenvalue weighted by Crippen LogP contribution is -2.37. The molecule has 1 fully saturated rings. The van der Waals surface area contributed by atoms with Crippen molar-refractivity contribution in [1.29, 1.82) is 5.26 Å². The third-order valence-electron chi connectivity index (χ3n) is 3.39. The van der Waals surface area contributed by atoms with Gasteiger partial charge in [0.1, 0.15) is 6.07 Å². The number of nitriles is 1. The van der Waals surface area contributed by atoms with E-state index in [1.54, 1.807) is 6.07 Å². The predicted octanol–water partition coefficient (Wildman–Crippen LogP) is 2.52. The Bertz CT molecular complexity index is 572. The monoisotopic (exact) mass is 297 g/mol. The van der Waals surface area contributed by atoms with Crippen molar-refractivity contribution in [2.24, 2.45) is 5.92 Å². The summed E-state index contributed by atoms with van der Waals surface area (Å²) in [4.78, 5) is 12.0. The van der Waals surface area contributed by atoms with Crippen molar-refractivity contribution in [2.45, 2.75) is 19.0 Å². The maximum atomic E-state index is 12.6. The van der Waals surface area contributed by atoms with Crippen LogP contribution in [-0.4, -0.2) is 19.0 Å². The van der Waals surface area contributed by atoms with Gasteiger partial charge in [-0.25, -0.2) is 0 Å². The van der Waals surface area contributed by atoms with Gasteiger partial charge in [0.15, 0.2) is 0 Å². The number of nitrogens with one attached hydrogen (secondary N) is 2. The van der Waals surface area contributed by atoms with Gasteiger partial charge in [-0.15, -0.1) is 0 Å². The molecule has 0 spiro atoms. The predicted molar refractivity (Wildman–Crippen MR) is 70.4 cm³/mol. The number of anilines is 1. The second-order valence-corrected chi connectivity index (χ2v) is 4.90. The van der Waals surface area contributed by atoms with Crippen LogP contribution in [0.25, 0.3) is 0 Å². The number of alkyl halides is 3. The van der Waals surface area contributed by atoms with Gasteiger partial charge in [0.2, 0.25) is 5.91 Å². The van der Waals surface area contributed by atoms with Gasteiger partial charge in [0, 0.05) is 6.54 Å². The second-order valence-electron chi connectivity index (χ2n) is 4.90. The van der Waals surface area contributed by atoms with Crippen LogP contribution >= 0.6 is 0 Å². The summed E-state index contributed by atoms with van der Waals surface area (Å²) in [7, 11) is 0. The molecule has 1 atom stereocenters. The summed E-state index contributed by atoms with van der Waals surface area (Å²) in [5.74, 6) is -0.508. The topological polar surface area (TPSA) is 64.9 Å². The molecular formula is C14H14F3N3O. The number of benzene rings is 1. The van der Waals surface area contributed by atoms with Crippen LogP contribution in [0.2, 0.25) is 0 Å². The molecule has 1 heterocycles. The van der Waals surface area contributed by atoms with Crippen molar-refractivity contribution in [3.63, 3.8) is 0 Å². The van der Waals surface area contributed by atoms with Crippen LogP contribution in [0.4, 0.5) is 18.9 Å². The number of halogens is 3. The summed E-state index contributed by atoms with van der Waals surface area (Å²) in [6.07, 6.45) is -2.92. The fraction of sp³-hybridized carbons (Fsp3) is 0.429. The summed E-state index contributed by atoms with van der Waals surface area (Å²) in [5, 5.41) is 14.6. The average Bonchev–Trinajstić information content (AvgIpc) is 2.47. The van der Waals surface area contributed by atoms with E-state index in [1.807, 2.05) is 0 Å². The third kappa shape index (κ3) is 3.73. The van der Waals surface area contributed by atoms with Crippen LogP contribution in [0.3, 0.4) is 0 Å². The molecule has 0 aliphatic carbocycles. The highest BCUT2D eigenvalue weighted by molar-refractivity contribution is 5.94. The van der Waals surface area contributed by atoms with E-state index in [9.17, 15) is 18.0 Å². The third-order valence-corrected chi connectivity index (χ3v) is 3.39. The zero-order chi connectivity index (χ0) is 15.5. The molecule has 0 aromatic heterocycles. The minimum absolute atomic E-state index is 0.112. The van der Waals surface area contributed by atoms with Crippen LogP contribution in [0.15, 0.2) is 18.2 Å². The molecule has 1 unspecified atom stereocenters. The Labute approximate surface area is 119 Å². The van der Waals surface area contributed by atoms with Crippen molar-refractivity contribution in [2.75, 3.05) is 18.4 Å². The largest absolute Gasteiger partial charge is 0.416 e. The van der Waals surface area contributed by atoms with Gasteiger partial charge in [-0.2, -0.15) is 18.4 Å². The van der Waals surface area contributed by atoms with Gasteiger partial charge in [0.05, 0.1) is 22.7 Å². The van der Waals surface area contributed by atoms with Crippen molar-refractivity contribution in [1.82, 2.24) is 5.32 Å². The van der Waals surface area contributed by atoms with E-state index in [0.717, 1.165) is 37.6 Å². The Morgan fingerprint density at radius 3 is 2.76 bits per heavy atom. The summed E-state index contributed by atoms with van der Waals surface area (Å²) in [5.41, 5.74) is -0.987. The first-order valence-electron chi connectivity index (χ1n) is 6.54. The van der Waals surface area contributed by atoms with E-state index in [-0.39, 0.29) is 23.1 Å². The Balaban J connectivity index is 2.16. The number of rotatable bonds is 2. The number of nitrogens with zero attached hydrogens (tertiary/aromatic N) is 1. The van der Waals surface area contributed by atoms with Gasteiger partial charge in [-0.1, -0.05) is 0 Å². The fourth-order valence-corrected chi connectivity index (χ4v) is 2.23. The number of hydrogen-bond donors (Lipinski definition) is 2. The Morgan fingerprint density at radius 1 is 1.43 bits per heavy atom. The minimum atomic E-state index is -4.51. The lowest BCUT2D eigenvalue weighted by molar-refractivity contribution is -0.137. The smallest absolute Gasteiger partial charge is 0.325 e. The van der Waals surface area contributed by atoms with E-state index in [4.69, 9.17) is 5.26 Å². The number of amides is 1. The molecule has 1 aliphatic heterocycles. The first kappa shape index (κ1) is 15.3. The van der Waals surface area contributed by atoms with E-state index in [1.165, 1.54) is 0 Å². The highest BCUT2D eigenvalue weighted by Gasteiger charge is 2.31. The molecule has 1 aliphatic rings. The highest BCUT2D eigenvalue weighted by atomic mass is 19.4. The van der Waals surface area contributed by atoms with Gasteiger partial charge in [0.25, 0.3) is 0 Å². The lowest BCUT2D eigenvalue weighted by atomic mass is 9.98. The molecule has 4 nitrogen and oxygen atoms in total. The highest BCUT2D eigenvalue weighted by Crippen LogP contribution is 2.31. The Kier molecular flexibility index (Phi) is 4.48. The molecule has 1 aromatic carbocycles. The molecule has 1 saturated heterocycles. The second kappa shape index (κ2) is 6.14. The van der Waals surface area contributed by atoms with E-state index in [0.29, 0.717) is 6.54 Å². The molecule has 21 heavy (non-hydrogen) atoms. The van der Waals surface area contributed by atoms with E-state index in [2.05, 4.69) is 10.6 Å². The number of carbonyl (C=O) groups is 1. The zero-order valence-corrected chi connectivity index (χ0v) is 11.1. The van der Waals surface area contributed by atoms with Crippen LogP contribution < -0.4 is 10.6 Å². The average molecular weight is 297 g/mol. The quantitative estimate of drug-likeness (QED) is 0.881. The van der Waals surface area contributed by atoms with Crippen molar-refractivity contribution in [3.8, 4) is 6.07 Å². The standard InChI is InChI=1S/C14H14F3N3O/c15-14(16,17)11-3-4-12(10(6-11)7-18)20-13(21)9-2-1-5-19-8-9/h3-4,6,9,19H,1-2,5,8H2,(H,20,21). The van der Waals surface area contributed by atoms with Crippen molar-refractivity contribution < 1.29 is 18.0 Å². The minimum Gasteiger partial charge on any atom is -0.325 e. The molecule has 7 heteroatoms. The van der Waals surface area contributed by atoms with Gasteiger partial charge in [-0.3, -0.25) is 4.79 Å². The fourth-order valence-electron chi connectivity index (χ4n) is 2.23. The lowest BCUT2D eigenvalue weighted by Gasteiger charge is -2.22. The van der Waals surface area contributed by atoms with E-state index < -0.39 is 11.7 Å². The molecule has 2 rings (SSSR count). The number of hydrogen-bond acceptors (Lipinski definition) is 3. The normalized spacial score (nSPS) is 18.9.